The second-order valence-corrected chi connectivity index (χ2v) is 6.67. The largest absolute Gasteiger partial charge is 0.481 e. The summed E-state index contributed by atoms with van der Waals surface area (Å²) in [4.78, 5) is 28.5. The first-order chi connectivity index (χ1) is 12.8. The highest BCUT2D eigenvalue weighted by atomic mass is 16.5. The molecule has 0 radical (unpaired) electrons. The molecule has 0 atom stereocenters. The molecule has 1 amide bonds. The summed E-state index contributed by atoms with van der Waals surface area (Å²) in [7, 11) is 1.57. The van der Waals surface area contributed by atoms with Crippen molar-refractivity contribution in [1.29, 1.82) is 0 Å². The summed E-state index contributed by atoms with van der Waals surface area (Å²) in [6.45, 7) is 3.48. The van der Waals surface area contributed by atoms with Gasteiger partial charge in [-0.05, 0) is 49.2 Å². The number of carbonyl (C=O) groups excluding carboxylic acids is 1. The van der Waals surface area contributed by atoms with Crippen molar-refractivity contribution in [2.24, 2.45) is 0 Å². The summed E-state index contributed by atoms with van der Waals surface area (Å²) >= 11 is 0. The second-order valence-electron chi connectivity index (χ2n) is 6.67. The van der Waals surface area contributed by atoms with Crippen LogP contribution in [-0.4, -0.2) is 46.1 Å². The Balaban J connectivity index is 1.98. The fourth-order valence-corrected chi connectivity index (χ4v) is 2.48. The number of carboxylic acid groups (broad SMARTS) is 1. The molecule has 0 fully saturated rings. The van der Waals surface area contributed by atoms with E-state index in [4.69, 9.17) is 9.84 Å². The molecule has 1 aromatic carbocycles. The Bertz CT molecular complexity index is 799. The van der Waals surface area contributed by atoms with Gasteiger partial charge in [0.15, 0.2) is 5.60 Å². The van der Waals surface area contributed by atoms with Gasteiger partial charge in [0, 0.05) is 26.0 Å². The number of likely N-dealkylation sites (N-methyl/N-ethyl adjacent to an activating group) is 1. The molecule has 0 aliphatic carbocycles. The molecule has 6 heteroatoms. The monoisotopic (exact) mass is 368 g/mol. The molecule has 0 aliphatic rings. The molecule has 0 unspecified atom stereocenters. The summed E-state index contributed by atoms with van der Waals surface area (Å²) in [5.41, 5.74) is 0.963. The normalized spacial score (nSPS) is 11.4. The SMILES string of the molecule is CN(CCC(=O)O)C(=O)C(C)(C)Oc1ccc(/C=C/c2ccncc2)cc1. The minimum Gasteiger partial charge on any atom is -0.481 e. The Morgan fingerprint density at radius 1 is 1.07 bits per heavy atom. The van der Waals surface area contributed by atoms with E-state index < -0.39 is 11.6 Å². The number of hydrogen-bond acceptors (Lipinski definition) is 4. The lowest BCUT2D eigenvalue weighted by Crippen LogP contribution is -2.47. The average molecular weight is 368 g/mol. The van der Waals surface area contributed by atoms with Gasteiger partial charge in [-0.1, -0.05) is 24.3 Å². The van der Waals surface area contributed by atoms with Gasteiger partial charge in [-0.15, -0.1) is 0 Å². The van der Waals surface area contributed by atoms with Gasteiger partial charge < -0.3 is 14.7 Å². The molecule has 2 rings (SSSR count). The van der Waals surface area contributed by atoms with Crippen LogP contribution in [0.1, 0.15) is 31.4 Å². The highest BCUT2D eigenvalue weighted by Gasteiger charge is 2.32. The minimum absolute atomic E-state index is 0.100. The molecule has 0 bridgehead atoms. The first-order valence-electron chi connectivity index (χ1n) is 8.62. The molecule has 6 nitrogen and oxygen atoms in total. The first-order valence-corrected chi connectivity index (χ1v) is 8.62. The summed E-state index contributed by atoms with van der Waals surface area (Å²) in [5, 5.41) is 8.75. The number of ether oxygens (including phenoxy) is 1. The maximum Gasteiger partial charge on any atom is 0.305 e. The third-order valence-electron chi connectivity index (χ3n) is 3.95. The zero-order valence-electron chi connectivity index (χ0n) is 15.8. The lowest BCUT2D eigenvalue weighted by Gasteiger charge is -2.30. The summed E-state index contributed by atoms with van der Waals surface area (Å²) in [5.74, 6) is -0.643. The Morgan fingerprint density at radius 3 is 2.19 bits per heavy atom. The molecule has 1 N–H and O–H groups in total. The Morgan fingerprint density at radius 2 is 1.63 bits per heavy atom. The Kier molecular flexibility index (Phi) is 6.71. The van der Waals surface area contributed by atoms with Crippen LogP contribution in [0.4, 0.5) is 0 Å². The number of carboxylic acids is 1. The van der Waals surface area contributed by atoms with E-state index in [1.165, 1.54) is 4.90 Å². The van der Waals surface area contributed by atoms with E-state index in [0.717, 1.165) is 11.1 Å². The molecule has 0 spiro atoms. The molecule has 0 aliphatic heterocycles. The lowest BCUT2D eigenvalue weighted by molar-refractivity contribution is -0.145. The third-order valence-corrected chi connectivity index (χ3v) is 3.95. The van der Waals surface area contributed by atoms with Gasteiger partial charge in [0.2, 0.25) is 0 Å². The van der Waals surface area contributed by atoms with Crippen molar-refractivity contribution < 1.29 is 19.4 Å². The van der Waals surface area contributed by atoms with Gasteiger partial charge in [0.25, 0.3) is 5.91 Å². The number of rotatable bonds is 8. The number of aliphatic carboxylic acids is 1. The van der Waals surface area contributed by atoms with E-state index in [9.17, 15) is 9.59 Å². The molecule has 1 aromatic heterocycles. The molecule has 1 heterocycles. The topological polar surface area (TPSA) is 79.7 Å². The number of nitrogens with zero attached hydrogens (tertiary/aromatic N) is 2. The van der Waals surface area contributed by atoms with Crippen molar-refractivity contribution in [3.63, 3.8) is 0 Å². The summed E-state index contributed by atoms with van der Waals surface area (Å²) < 4.78 is 5.84. The van der Waals surface area contributed by atoms with Crippen LogP contribution in [0.25, 0.3) is 12.2 Å². The maximum atomic E-state index is 12.5. The third kappa shape index (κ3) is 6.26. The Hall–Kier alpha value is -3.15. The van der Waals surface area contributed by atoms with E-state index in [1.54, 1.807) is 45.4 Å². The number of pyridine rings is 1. The van der Waals surface area contributed by atoms with Crippen molar-refractivity contribution in [2.45, 2.75) is 25.9 Å². The van der Waals surface area contributed by atoms with Crippen molar-refractivity contribution in [3.05, 3.63) is 59.9 Å². The zero-order valence-corrected chi connectivity index (χ0v) is 15.8. The number of carbonyl (C=O) groups is 2. The van der Waals surface area contributed by atoms with E-state index in [1.807, 2.05) is 36.4 Å². The molecular weight excluding hydrogens is 344 g/mol. The highest BCUT2D eigenvalue weighted by molar-refractivity contribution is 5.85. The van der Waals surface area contributed by atoms with Crippen molar-refractivity contribution in [3.8, 4) is 5.75 Å². The predicted octanol–water partition coefficient (Wildman–Crippen LogP) is 3.34. The zero-order chi connectivity index (χ0) is 19.9. The van der Waals surface area contributed by atoms with Gasteiger partial charge in [-0.2, -0.15) is 0 Å². The van der Waals surface area contributed by atoms with E-state index in [2.05, 4.69) is 4.98 Å². The fraction of sp³-hybridized carbons (Fsp3) is 0.286. The van der Waals surface area contributed by atoms with Gasteiger partial charge in [0.1, 0.15) is 5.75 Å². The highest BCUT2D eigenvalue weighted by Crippen LogP contribution is 2.21. The van der Waals surface area contributed by atoms with Crippen LogP contribution in [0.5, 0.6) is 5.75 Å². The van der Waals surface area contributed by atoms with Crippen molar-refractivity contribution in [2.75, 3.05) is 13.6 Å². The number of hydrogen-bond donors (Lipinski definition) is 1. The molecule has 0 saturated carbocycles. The van der Waals surface area contributed by atoms with Crippen LogP contribution in [0.3, 0.4) is 0 Å². The molecular formula is C21H24N2O4. The minimum atomic E-state index is -1.10. The van der Waals surface area contributed by atoms with Crippen LogP contribution < -0.4 is 4.74 Å². The molecule has 142 valence electrons. The smallest absolute Gasteiger partial charge is 0.305 e. The summed E-state index contributed by atoms with van der Waals surface area (Å²) in [6.07, 6.45) is 7.35. The van der Waals surface area contributed by atoms with Gasteiger partial charge in [0.05, 0.1) is 6.42 Å². The van der Waals surface area contributed by atoms with Crippen LogP contribution in [0.15, 0.2) is 48.8 Å². The number of benzene rings is 1. The van der Waals surface area contributed by atoms with Crippen LogP contribution in [0, 0.1) is 0 Å². The van der Waals surface area contributed by atoms with Gasteiger partial charge in [-0.25, -0.2) is 0 Å². The predicted molar refractivity (Wildman–Crippen MR) is 104 cm³/mol. The van der Waals surface area contributed by atoms with E-state index >= 15 is 0 Å². The summed E-state index contributed by atoms with van der Waals surface area (Å²) in [6, 6.07) is 11.3. The molecule has 27 heavy (non-hydrogen) atoms. The van der Waals surface area contributed by atoms with Crippen LogP contribution >= 0.6 is 0 Å². The van der Waals surface area contributed by atoms with E-state index in [-0.39, 0.29) is 18.9 Å². The standard InChI is InChI=1S/C21H24N2O4/c1-21(2,20(26)23(3)15-12-19(24)25)27-18-8-6-16(7-9-18)4-5-17-10-13-22-14-11-17/h4-11,13-14H,12,15H2,1-3H3,(H,24,25)/b5-4+. The molecule has 2 aromatic rings. The Labute approximate surface area is 159 Å². The quantitative estimate of drug-likeness (QED) is 0.773. The number of amides is 1. The maximum absolute atomic E-state index is 12.5. The average Bonchev–Trinajstić information content (AvgIpc) is 2.65. The van der Waals surface area contributed by atoms with Crippen LogP contribution in [-0.2, 0) is 9.59 Å². The number of aromatic nitrogens is 1. The van der Waals surface area contributed by atoms with Crippen molar-refractivity contribution >= 4 is 24.0 Å². The van der Waals surface area contributed by atoms with Gasteiger partial charge >= 0.3 is 5.97 Å². The van der Waals surface area contributed by atoms with E-state index in [0.29, 0.717) is 5.75 Å². The second kappa shape index (κ2) is 8.98. The van der Waals surface area contributed by atoms with Crippen molar-refractivity contribution in [1.82, 2.24) is 9.88 Å². The van der Waals surface area contributed by atoms with Crippen LogP contribution in [0.2, 0.25) is 0 Å². The fourth-order valence-electron chi connectivity index (χ4n) is 2.48. The lowest BCUT2D eigenvalue weighted by atomic mass is 10.1. The first kappa shape index (κ1) is 20.2. The van der Waals surface area contributed by atoms with Gasteiger partial charge in [-0.3, -0.25) is 14.6 Å². The molecule has 0 saturated heterocycles.